The molecule has 1 atom stereocenters. The van der Waals surface area contributed by atoms with E-state index in [1.165, 1.54) is 4.90 Å². The molecule has 0 aromatic carbocycles. The van der Waals surface area contributed by atoms with Crippen LogP contribution >= 0.6 is 15.9 Å². The van der Waals surface area contributed by atoms with Gasteiger partial charge in [0.25, 0.3) is 5.91 Å². The molecule has 1 amide bonds. The van der Waals surface area contributed by atoms with Crippen molar-refractivity contribution < 1.29 is 19.2 Å². The molecule has 1 fully saturated rings. The number of hydrogen-bond donors (Lipinski definition) is 2. The molecule has 2 heterocycles. The molecule has 98 valence electrons. The molecule has 1 aromatic rings. The third-order valence-electron chi connectivity index (χ3n) is 2.58. The highest BCUT2D eigenvalue weighted by molar-refractivity contribution is 9.10. The van der Waals surface area contributed by atoms with Crippen LogP contribution in [0.5, 0.6) is 0 Å². The summed E-state index contributed by atoms with van der Waals surface area (Å²) in [4.78, 5) is 13.6. The monoisotopic (exact) mass is 317 g/mol. The van der Waals surface area contributed by atoms with Crippen LogP contribution in [0.25, 0.3) is 0 Å². The van der Waals surface area contributed by atoms with Crippen molar-refractivity contribution in [2.45, 2.75) is 6.10 Å². The summed E-state index contributed by atoms with van der Waals surface area (Å²) < 4.78 is 11.0. The molecule has 0 aliphatic carbocycles. The number of halogens is 1. The van der Waals surface area contributed by atoms with E-state index in [0.717, 1.165) is 0 Å². The highest BCUT2D eigenvalue weighted by Gasteiger charge is 2.28. The van der Waals surface area contributed by atoms with Crippen LogP contribution in [0.2, 0.25) is 0 Å². The van der Waals surface area contributed by atoms with Gasteiger partial charge >= 0.3 is 0 Å². The molecule has 18 heavy (non-hydrogen) atoms. The lowest BCUT2D eigenvalue weighted by molar-refractivity contribution is 0.00529. The number of carbonyl (C=O) groups excluding carboxylic acids is 1. The Labute approximate surface area is 111 Å². The van der Waals surface area contributed by atoms with Gasteiger partial charge in [-0.1, -0.05) is 5.16 Å². The van der Waals surface area contributed by atoms with E-state index < -0.39 is 6.10 Å². The number of nitrogens with zero attached hydrogens (tertiary/aromatic N) is 2. The minimum atomic E-state index is -0.592. The van der Waals surface area contributed by atoms with Gasteiger partial charge in [-0.05, 0) is 28.1 Å². The Bertz CT molecular complexity index is 473. The summed E-state index contributed by atoms with van der Waals surface area (Å²) in [5.41, 5.74) is 5.46. The number of oxime groups is 1. The van der Waals surface area contributed by atoms with E-state index >= 15 is 0 Å². The number of amides is 1. The molecule has 0 spiro atoms. The van der Waals surface area contributed by atoms with Gasteiger partial charge in [-0.25, -0.2) is 0 Å². The lowest BCUT2D eigenvalue weighted by atomic mass is 10.2. The maximum absolute atomic E-state index is 12.1. The van der Waals surface area contributed by atoms with Crippen LogP contribution in [-0.2, 0) is 4.74 Å². The van der Waals surface area contributed by atoms with Crippen molar-refractivity contribution in [3.05, 3.63) is 22.6 Å². The Balaban J connectivity index is 2.07. The molecule has 0 bridgehead atoms. The highest BCUT2D eigenvalue weighted by atomic mass is 79.9. The fourth-order valence-electron chi connectivity index (χ4n) is 1.66. The van der Waals surface area contributed by atoms with Crippen molar-refractivity contribution >= 4 is 27.7 Å². The first-order valence-corrected chi connectivity index (χ1v) is 6.04. The topological polar surface area (TPSA) is 101 Å². The molecule has 7 nitrogen and oxygen atoms in total. The number of morpholine rings is 1. The summed E-state index contributed by atoms with van der Waals surface area (Å²) in [5, 5.41) is 11.5. The molecule has 2 rings (SSSR count). The molecule has 1 unspecified atom stereocenters. The number of amidine groups is 1. The Morgan fingerprint density at radius 3 is 3.00 bits per heavy atom. The zero-order valence-corrected chi connectivity index (χ0v) is 11.0. The summed E-state index contributed by atoms with van der Waals surface area (Å²) in [6.07, 6.45) is -0.592. The zero-order valence-electron chi connectivity index (χ0n) is 9.38. The minimum Gasteiger partial charge on any atom is -0.444 e. The van der Waals surface area contributed by atoms with Gasteiger partial charge in [0, 0.05) is 6.54 Å². The first-order chi connectivity index (χ1) is 8.61. The maximum Gasteiger partial charge on any atom is 0.289 e. The van der Waals surface area contributed by atoms with Crippen LogP contribution in [-0.4, -0.2) is 47.7 Å². The van der Waals surface area contributed by atoms with Crippen molar-refractivity contribution in [3.63, 3.8) is 0 Å². The fourth-order valence-corrected chi connectivity index (χ4v) is 1.97. The zero-order chi connectivity index (χ0) is 13.1. The van der Waals surface area contributed by atoms with E-state index in [4.69, 9.17) is 20.1 Å². The van der Waals surface area contributed by atoms with Crippen molar-refractivity contribution in [2.75, 3.05) is 19.7 Å². The quantitative estimate of drug-likeness (QED) is 0.360. The van der Waals surface area contributed by atoms with Crippen molar-refractivity contribution in [1.82, 2.24) is 4.90 Å². The summed E-state index contributed by atoms with van der Waals surface area (Å²) in [6.45, 7) is 0.994. The van der Waals surface area contributed by atoms with Gasteiger partial charge < -0.3 is 25.0 Å². The largest absolute Gasteiger partial charge is 0.444 e. The number of hydrogen-bond acceptors (Lipinski definition) is 5. The molecule has 1 aromatic heterocycles. The average molecular weight is 318 g/mol. The number of nitrogens with two attached hydrogens (primary N) is 1. The Kier molecular flexibility index (Phi) is 3.87. The fraction of sp³-hybridized carbons (Fsp3) is 0.400. The normalized spacial score (nSPS) is 21.1. The van der Waals surface area contributed by atoms with Crippen LogP contribution in [0, 0.1) is 0 Å². The van der Waals surface area contributed by atoms with E-state index in [9.17, 15) is 4.79 Å². The summed E-state index contributed by atoms with van der Waals surface area (Å²) >= 11 is 3.14. The SMILES string of the molecule is N/C(=N\O)C1CN(C(=O)c2ccc(Br)o2)CCO1. The standard InChI is InChI=1S/C10H12BrN3O4/c11-8-2-1-6(18-8)10(15)14-3-4-17-7(5-14)9(12)13-16/h1-2,7,16H,3-5H2,(H2,12,13). The number of ether oxygens (including phenoxy) is 1. The van der Waals surface area contributed by atoms with Gasteiger partial charge in [-0.3, -0.25) is 4.79 Å². The Hall–Kier alpha value is -1.54. The lowest BCUT2D eigenvalue weighted by Crippen LogP contribution is -2.50. The second-order valence-electron chi connectivity index (χ2n) is 3.74. The van der Waals surface area contributed by atoms with Crippen LogP contribution in [0.3, 0.4) is 0 Å². The predicted octanol–water partition coefficient (Wildman–Crippen LogP) is 0.629. The van der Waals surface area contributed by atoms with E-state index in [1.807, 2.05) is 0 Å². The van der Waals surface area contributed by atoms with E-state index in [0.29, 0.717) is 17.8 Å². The highest BCUT2D eigenvalue weighted by Crippen LogP contribution is 2.17. The van der Waals surface area contributed by atoms with Crippen molar-refractivity contribution in [2.24, 2.45) is 10.9 Å². The van der Waals surface area contributed by atoms with E-state index in [2.05, 4.69) is 21.1 Å². The summed E-state index contributed by atoms with van der Waals surface area (Å²) in [5.74, 6) is -0.0603. The van der Waals surface area contributed by atoms with Crippen molar-refractivity contribution in [1.29, 1.82) is 0 Å². The van der Waals surface area contributed by atoms with Gasteiger partial charge in [0.15, 0.2) is 16.3 Å². The lowest BCUT2D eigenvalue weighted by Gasteiger charge is -2.31. The maximum atomic E-state index is 12.1. The van der Waals surface area contributed by atoms with Crippen molar-refractivity contribution in [3.8, 4) is 0 Å². The first kappa shape index (κ1) is 12.9. The van der Waals surface area contributed by atoms with Gasteiger partial charge in [0.05, 0.1) is 13.2 Å². The van der Waals surface area contributed by atoms with Crippen LogP contribution in [0.1, 0.15) is 10.6 Å². The molecule has 1 aliphatic heterocycles. The molecular weight excluding hydrogens is 306 g/mol. The number of carbonyl (C=O) groups is 1. The first-order valence-electron chi connectivity index (χ1n) is 5.25. The molecule has 0 saturated carbocycles. The third kappa shape index (κ3) is 2.65. The number of furan rings is 1. The van der Waals surface area contributed by atoms with Gasteiger partial charge in [0.2, 0.25) is 0 Å². The number of rotatable bonds is 2. The summed E-state index contributed by atoms with van der Waals surface area (Å²) in [7, 11) is 0. The molecule has 0 radical (unpaired) electrons. The van der Waals surface area contributed by atoms with Gasteiger partial charge in [0.1, 0.15) is 6.10 Å². The van der Waals surface area contributed by atoms with Gasteiger partial charge in [-0.2, -0.15) is 0 Å². The molecule has 8 heteroatoms. The van der Waals surface area contributed by atoms with Crippen LogP contribution in [0.15, 0.2) is 26.4 Å². The molecular formula is C10H12BrN3O4. The minimum absolute atomic E-state index is 0.0480. The predicted molar refractivity (Wildman–Crippen MR) is 65.5 cm³/mol. The van der Waals surface area contributed by atoms with E-state index in [-0.39, 0.29) is 24.0 Å². The van der Waals surface area contributed by atoms with E-state index in [1.54, 1.807) is 12.1 Å². The second-order valence-corrected chi connectivity index (χ2v) is 4.52. The molecule has 3 N–H and O–H groups in total. The van der Waals surface area contributed by atoms with Gasteiger partial charge in [-0.15, -0.1) is 0 Å². The molecule has 1 aliphatic rings. The average Bonchev–Trinajstić information content (AvgIpc) is 2.83. The third-order valence-corrected chi connectivity index (χ3v) is 3.01. The molecule has 1 saturated heterocycles. The second kappa shape index (κ2) is 5.40. The Morgan fingerprint density at radius 2 is 2.39 bits per heavy atom. The Morgan fingerprint density at radius 1 is 1.61 bits per heavy atom. The van der Waals surface area contributed by atoms with Crippen LogP contribution in [0.4, 0.5) is 0 Å². The smallest absolute Gasteiger partial charge is 0.289 e. The summed E-state index contributed by atoms with van der Waals surface area (Å²) in [6, 6.07) is 3.23. The van der Waals surface area contributed by atoms with Crippen LogP contribution < -0.4 is 5.73 Å².